The van der Waals surface area contributed by atoms with E-state index >= 15 is 0 Å². The second kappa shape index (κ2) is 26.6. The van der Waals surface area contributed by atoms with Crippen molar-refractivity contribution in [3.8, 4) is 0 Å². The molecule has 4 saturated carbocycles. The maximum absolute atomic E-state index is 12.6. The smallest absolute Gasteiger partial charge is 0.306 e. The van der Waals surface area contributed by atoms with Gasteiger partial charge in [0, 0.05) is 12.8 Å². The van der Waals surface area contributed by atoms with Gasteiger partial charge in [-0.3, -0.25) is 9.59 Å². The molecule has 0 radical (unpaired) electrons. The Morgan fingerprint density at radius 3 is 1.60 bits per heavy atom. The summed E-state index contributed by atoms with van der Waals surface area (Å²) in [5, 5.41) is 10.6. The standard InChI is InChI=1S/C46H83NO6/c1-47(2)35-19-28-46(50)51-41(25-12-8-4-6-10-14-27-45(49)53-43-34-31-39-22-17-18-23-40(39)36-43)24-11-7-3-5-9-13-26-44(48)52-42-32-29-37-20-15-16-21-38(37)30-33-42/h37-44,48H,3-36H2,1-2H3. The maximum atomic E-state index is 12.6. The van der Waals surface area contributed by atoms with Crippen LogP contribution in [-0.4, -0.2) is 67.2 Å². The summed E-state index contributed by atoms with van der Waals surface area (Å²) in [6.07, 6.45) is 37.2. The van der Waals surface area contributed by atoms with E-state index in [9.17, 15) is 14.7 Å². The molecule has 4 fully saturated rings. The molecule has 0 saturated heterocycles. The Hall–Kier alpha value is -1.18. The summed E-state index contributed by atoms with van der Waals surface area (Å²) < 4.78 is 18.0. The van der Waals surface area contributed by atoms with Gasteiger partial charge in [0.05, 0.1) is 6.10 Å². The molecular weight excluding hydrogens is 663 g/mol. The number of esters is 2. The summed E-state index contributed by atoms with van der Waals surface area (Å²) in [6.45, 7) is 0.906. The Bertz CT molecular complexity index is 958. The van der Waals surface area contributed by atoms with Crippen LogP contribution in [-0.2, 0) is 23.8 Å². The van der Waals surface area contributed by atoms with Crippen molar-refractivity contribution in [1.82, 2.24) is 4.90 Å². The number of aliphatic hydroxyl groups excluding tert-OH is 1. The molecule has 0 aliphatic heterocycles. The second-order valence-electron chi connectivity index (χ2n) is 18.3. The van der Waals surface area contributed by atoms with Crippen molar-refractivity contribution < 1.29 is 28.9 Å². The van der Waals surface area contributed by atoms with Gasteiger partial charge in [-0.1, -0.05) is 103 Å². The first-order valence-electron chi connectivity index (χ1n) is 23.2. The van der Waals surface area contributed by atoms with Gasteiger partial charge in [0.2, 0.25) is 0 Å². The zero-order valence-corrected chi connectivity index (χ0v) is 34.6. The Labute approximate surface area is 325 Å². The molecule has 0 spiro atoms. The highest BCUT2D eigenvalue weighted by atomic mass is 16.6. The van der Waals surface area contributed by atoms with Gasteiger partial charge in [-0.05, 0) is 141 Å². The van der Waals surface area contributed by atoms with Gasteiger partial charge in [0.15, 0.2) is 6.29 Å². The molecule has 308 valence electrons. The first kappa shape index (κ1) is 44.5. The van der Waals surface area contributed by atoms with Crippen LogP contribution in [0.4, 0.5) is 0 Å². The van der Waals surface area contributed by atoms with E-state index in [0.717, 1.165) is 133 Å². The molecule has 0 aromatic rings. The SMILES string of the molecule is CN(C)CCCC(=O)OC(CCCCCCCCC(=O)OC1CCC2CCCCC2C1)CCCCCCCCC(O)OC1CCC2CCCCC2CC1. The number of rotatable bonds is 26. The first-order valence-corrected chi connectivity index (χ1v) is 23.2. The van der Waals surface area contributed by atoms with E-state index in [4.69, 9.17) is 14.2 Å². The molecule has 53 heavy (non-hydrogen) atoms. The molecule has 7 nitrogen and oxygen atoms in total. The summed E-state index contributed by atoms with van der Waals surface area (Å²) >= 11 is 0. The monoisotopic (exact) mass is 746 g/mol. The number of ether oxygens (including phenoxy) is 3. The van der Waals surface area contributed by atoms with Crippen molar-refractivity contribution in [2.24, 2.45) is 23.7 Å². The van der Waals surface area contributed by atoms with Crippen LogP contribution in [0, 0.1) is 23.7 Å². The molecular formula is C46H83NO6. The second-order valence-corrected chi connectivity index (χ2v) is 18.3. The average Bonchev–Trinajstić information content (AvgIpc) is 3.35. The van der Waals surface area contributed by atoms with Crippen LogP contribution in [0.2, 0.25) is 0 Å². The number of nitrogens with zero attached hydrogens (tertiary/aromatic N) is 1. The Morgan fingerprint density at radius 1 is 0.547 bits per heavy atom. The highest BCUT2D eigenvalue weighted by Crippen LogP contribution is 2.42. The number of fused-ring (bicyclic) bond motifs is 2. The van der Waals surface area contributed by atoms with Gasteiger partial charge < -0.3 is 24.2 Å². The third-order valence-corrected chi connectivity index (χ3v) is 13.6. The molecule has 0 aromatic heterocycles. The van der Waals surface area contributed by atoms with E-state index in [-0.39, 0.29) is 30.3 Å². The summed E-state index contributed by atoms with van der Waals surface area (Å²) in [4.78, 5) is 27.2. The van der Waals surface area contributed by atoms with Crippen molar-refractivity contribution in [3.05, 3.63) is 0 Å². The summed E-state index contributed by atoms with van der Waals surface area (Å²) in [5.74, 6) is 3.48. The van der Waals surface area contributed by atoms with E-state index in [0.29, 0.717) is 12.8 Å². The largest absolute Gasteiger partial charge is 0.462 e. The molecule has 0 aromatic carbocycles. The quantitative estimate of drug-likeness (QED) is 0.0536. The molecule has 7 unspecified atom stereocenters. The molecule has 0 amide bonds. The van der Waals surface area contributed by atoms with Crippen LogP contribution in [0.3, 0.4) is 0 Å². The minimum absolute atomic E-state index is 0.0183. The van der Waals surface area contributed by atoms with Crippen molar-refractivity contribution in [1.29, 1.82) is 0 Å². The van der Waals surface area contributed by atoms with Crippen molar-refractivity contribution >= 4 is 11.9 Å². The molecule has 4 aliphatic carbocycles. The lowest BCUT2D eigenvalue weighted by molar-refractivity contribution is -0.153. The van der Waals surface area contributed by atoms with Gasteiger partial charge >= 0.3 is 11.9 Å². The van der Waals surface area contributed by atoms with E-state index in [1.807, 2.05) is 14.1 Å². The number of carbonyl (C=O) groups excluding carboxylic acids is 2. The van der Waals surface area contributed by atoms with Crippen molar-refractivity contribution in [2.45, 2.75) is 236 Å². The predicted octanol–water partition coefficient (Wildman–Crippen LogP) is 11.5. The molecule has 0 heterocycles. The first-order chi connectivity index (χ1) is 25.9. The van der Waals surface area contributed by atoms with Crippen molar-refractivity contribution in [2.75, 3.05) is 20.6 Å². The van der Waals surface area contributed by atoms with E-state index in [2.05, 4.69) is 4.90 Å². The number of hydrogen-bond donors (Lipinski definition) is 1. The van der Waals surface area contributed by atoms with Crippen LogP contribution >= 0.6 is 0 Å². The fraction of sp³-hybridized carbons (Fsp3) is 0.957. The maximum Gasteiger partial charge on any atom is 0.306 e. The fourth-order valence-corrected chi connectivity index (χ4v) is 10.4. The minimum Gasteiger partial charge on any atom is -0.462 e. The zero-order chi connectivity index (χ0) is 37.5. The van der Waals surface area contributed by atoms with Crippen LogP contribution < -0.4 is 0 Å². The molecule has 7 heteroatoms. The Morgan fingerprint density at radius 2 is 1.02 bits per heavy atom. The number of aliphatic hydroxyl groups is 1. The van der Waals surface area contributed by atoms with Crippen LogP contribution in [0.1, 0.15) is 212 Å². The number of hydrogen-bond acceptors (Lipinski definition) is 7. The predicted molar refractivity (Wildman–Crippen MR) is 216 cm³/mol. The lowest BCUT2D eigenvalue weighted by Gasteiger charge is -2.38. The topological polar surface area (TPSA) is 85.3 Å². The van der Waals surface area contributed by atoms with Crippen LogP contribution in [0.5, 0.6) is 0 Å². The summed E-state index contributed by atoms with van der Waals surface area (Å²) in [6, 6.07) is 0. The summed E-state index contributed by atoms with van der Waals surface area (Å²) in [7, 11) is 4.08. The minimum atomic E-state index is -0.604. The number of unbranched alkanes of at least 4 members (excludes halogenated alkanes) is 10. The van der Waals surface area contributed by atoms with E-state index < -0.39 is 6.29 Å². The summed E-state index contributed by atoms with van der Waals surface area (Å²) in [5.41, 5.74) is 0. The Kier molecular flexibility index (Phi) is 22.4. The Balaban J connectivity index is 0.997. The molecule has 0 bridgehead atoms. The highest BCUT2D eigenvalue weighted by molar-refractivity contribution is 5.69. The van der Waals surface area contributed by atoms with E-state index in [1.54, 1.807) is 0 Å². The molecule has 4 rings (SSSR count). The van der Waals surface area contributed by atoms with Crippen molar-refractivity contribution in [3.63, 3.8) is 0 Å². The highest BCUT2D eigenvalue weighted by Gasteiger charge is 2.34. The molecule has 4 aliphatic rings. The van der Waals surface area contributed by atoms with Crippen LogP contribution in [0.15, 0.2) is 0 Å². The van der Waals surface area contributed by atoms with Gasteiger partial charge in [-0.2, -0.15) is 0 Å². The van der Waals surface area contributed by atoms with E-state index in [1.165, 1.54) is 96.3 Å². The van der Waals surface area contributed by atoms with Gasteiger partial charge in [0.25, 0.3) is 0 Å². The third kappa shape index (κ3) is 19.0. The van der Waals surface area contributed by atoms with Crippen LogP contribution in [0.25, 0.3) is 0 Å². The number of carbonyl (C=O) groups is 2. The normalized spacial score (nSPS) is 27.3. The average molecular weight is 746 g/mol. The van der Waals surface area contributed by atoms with Gasteiger partial charge in [-0.25, -0.2) is 0 Å². The third-order valence-electron chi connectivity index (χ3n) is 13.6. The fourth-order valence-electron chi connectivity index (χ4n) is 10.4. The lowest BCUT2D eigenvalue weighted by atomic mass is 9.70. The van der Waals surface area contributed by atoms with Gasteiger partial charge in [-0.15, -0.1) is 0 Å². The zero-order valence-electron chi connectivity index (χ0n) is 34.6. The molecule has 7 atom stereocenters. The molecule has 1 N–H and O–H groups in total. The lowest BCUT2D eigenvalue weighted by Crippen LogP contribution is -2.32. The van der Waals surface area contributed by atoms with Gasteiger partial charge in [0.1, 0.15) is 12.2 Å².